The second kappa shape index (κ2) is 7.62. The number of alkyl halides is 3. The lowest BCUT2D eigenvalue weighted by molar-refractivity contribution is -0.137. The van der Waals surface area contributed by atoms with Crippen molar-refractivity contribution in [1.29, 1.82) is 0 Å². The molecule has 0 aliphatic carbocycles. The third-order valence-corrected chi connectivity index (χ3v) is 5.41. The van der Waals surface area contributed by atoms with E-state index >= 15 is 0 Å². The summed E-state index contributed by atoms with van der Waals surface area (Å²) >= 11 is 0. The van der Waals surface area contributed by atoms with Crippen molar-refractivity contribution in [1.82, 2.24) is 19.4 Å². The van der Waals surface area contributed by atoms with Crippen LogP contribution in [0.2, 0.25) is 0 Å². The number of halogens is 3. The van der Waals surface area contributed by atoms with Gasteiger partial charge in [0.05, 0.1) is 17.4 Å². The van der Waals surface area contributed by atoms with E-state index in [-0.39, 0.29) is 12.5 Å². The Morgan fingerprint density at radius 1 is 1.13 bits per heavy atom. The lowest BCUT2D eigenvalue weighted by atomic mass is 10.0. The number of carbonyl (C=O) groups is 1. The standard InChI is InChI=1S/C21H22F3N5O/c1-13-9-15(21(22,23)24)10-14(2)18(13)27-20-19-16(5-6-25-20)29(12-26-19)11-17(30)28-7-3-4-8-28/h5-6,9-10,12H,3-4,7-8,11H2,1-2H3,(H,25,27). The Bertz CT molecular complexity index is 1080. The first-order valence-electron chi connectivity index (χ1n) is 9.77. The largest absolute Gasteiger partial charge is 0.416 e. The summed E-state index contributed by atoms with van der Waals surface area (Å²) in [7, 11) is 0. The van der Waals surface area contributed by atoms with E-state index in [0.717, 1.165) is 43.6 Å². The molecule has 9 heteroatoms. The summed E-state index contributed by atoms with van der Waals surface area (Å²) in [4.78, 5) is 23.1. The van der Waals surface area contributed by atoms with Gasteiger partial charge in [-0.25, -0.2) is 9.97 Å². The van der Waals surface area contributed by atoms with E-state index in [1.807, 2.05) is 4.90 Å². The Morgan fingerprint density at radius 3 is 2.43 bits per heavy atom. The van der Waals surface area contributed by atoms with E-state index in [0.29, 0.717) is 28.1 Å². The number of rotatable bonds is 4. The average molecular weight is 417 g/mol. The highest BCUT2D eigenvalue weighted by molar-refractivity contribution is 5.89. The minimum Gasteiger partial charge on any atom is -0.341 e. The number of aryl methyl sites for hydroxylation is 2. The highest BCUT2D eigenvalue weighted by Crippen LogP contribution is 2.35. The minimum absolute atomic E-state index is 0.0487. The number of hydrogen-bond donors (Lipinski definition) is 1. The maximum atomic E-state index is 13.1. The van der Waals surface area contributed by atoms with Crippen LogP contribution in [0.3, 0.4) is 0 Å². The van der Waals surface area contributed by atoms with E-state index in [2.05, 4.69) is 15.3 Å². The number of pyridine rings is 1. The second-order valence-corrected chi connectivity index (χ2v) is 7.60. The van der Waals surface area contributed by atoms with Gasteiger partial charge in [-0.3, -0.25) is 4.79 Å². The average Bonchev–Trinajstić information content (AvgIpc) is 3.34. The molecule has 2 aromatic heterocycles. The van der Waals surface area contributed by atoms with E-state index in [1.54, 1.807) is 37.0 Å². The third-order valence-electron chi connectivity index (χ3n) is 5.41. The molecule has 0 radical (unpaired) electrons. The molecule has 0 unspecified atom stereocenters. The topological polar surface area (TPSA) is 63.1 Å². The molecule has 1 aliphatic rings. The molecule has 158 valence electrons. The van der Waals surface area contributed by atoms with Crippen molar-refractivity contribution in [2.24, 2.45) is 0 Å². The number of fused-ring (bicyclic) bond motifs is 1. The van der Waals surface area contributed by atoms with Gasteiger partial charge in [-0.15, -0.1) is 0 Å². The van der Waals surface area contributed by atoms with Crippen LogP contribution in [0.5, 0.6) is 0 Å². The number of imidazole rings is 1. The first-order chi connectivity index (χ1) is 14.2. The summed E-state index contributed by atoms with van der Waals surface area (Å²) in [6, 6.07) is 4.00. The van der Waals surface area contributed by atoms with Crippen LogP contribution in [0.4, 0.5) is 24.7 Å². The van der Waals surface area contributed by atoms with Gasteiger partial charge >= 0.3 is 6.18 Å². The summed E-state index contributed by atoms with van der Waals surface area (Å²) in [5.41, 5.74) is 2.10. The van der Waals surface area contributed by atoms with Gasteiger partial charge < -0.3 is 14.8 Å². The number of aromatic nitrogens is 3. The van der Waals surface area contributed by atoms with Gasteiger partial charge in [-0.2, -0.15) is 13.2 Å². The molecule has 30 heavy (non-hydrogen) atoms. The molecule has 0 saturated carbocycles. The Balaban J connectivity index is 1.63. The number of benzene rings is 1. The molecule has 3 aromatic rings. The molecule has 6 nitrogen and oxygen atoms in total. The Labute approximate surface area is 171 Å². The monoisotopic (exact) mass is 417 g/mol. The molecule has 1 N–H and O–H groups in total. The maximum absolute atomic E-state index is 13.1. The first-order valence-corrected chi connectivity index (χ1v) is 9.77. The molecular formula is C21H22F3N5O. The zero-order chi connectivity index (χ0) is 21.5. The lowest BCUT2D eigenvalue weighted by Crippen LogP contribution is -2.30. The molecular weight excluding hydrogens is 395 g/mol. The van der Waals surface area contributed by atoms with Gasteiger partial charge in [0.2, 0.25) is 5.91 Å². The lowest BCUT2D eigenvalue weighted by Gasteiger charge is -2.16. The van der Waals surface area contributed by atoms with Crippen LogP contribution >= 0.6 is 0 Å². The van der Waals surface area contributed by atoms with Crippen molar-refractivity contribution in [2.45, 2.75) is 39.4 Å². The number of likely N-dealkylation sites (tertiary alicyclic amines) is 1. The SMILES string of the molecule is Cc1cc(C(F)(F)F)cc(C)c1Nc1nccc2c1ncn2CC(=O)N1CCCC1. The number of anilines is 2. The molecule has 1 fully saturated rings. The van der Waals surface area contributed by atoms with Crippen molar-refractivity contribution >= 4 is 28.4 Å². The summed E-state index contributed by atoms with van der Waals surface area (Å²) < 4.78 is 40.9. The Hall–Kier alpha value is -3.10. The van der Waals surface area contributed by atoms with Gasteiger partial charge in [-0.05, 0) is 56.0 Å². The van der Waals surface area contributed by atoms with Gasteiger partial charge in [0.15, 0.2) is 5.82 Å². The normalized spacial score (nSPS) is 14.5. The van der Waals surface area contributed by atoms with Crippen LogP contribution < -0.4 is 5.32 Å². The predicted molar refractivity (Wildman–Crippen MR) is 108 cm³/mol. The Kier molecular flexibility index (Phi) is 5.13. The molecule has 1 aliphatic heterocycles. The third kappa shape index (κ3) is 3.83. The maximum Gasteiger partial charge on any atom is 0.416 e. The first kappa shape index (κ1) is 20.2. The van der Waals surface area contributed by atoms with Crippen LogP contribution in [-0.4, -0.2) is 38.4 Å². The fourth-order valence-corrected chi connectivity index (χ4v) is 3.86. The summed E-state index contributed by atoms with van der Waals surface area (Å²) in [5.74, 6) is 0.485. The molecule has 1 aromatic carbocycles. The number of hydrogen-bond acceptors (Lipinski definition) is 4. The van der Waals surface area contributed by atoms with Gasteiger partial charge in [-0.1, -0.05) is 0 Å². The molecule has 4 rings (SSSR count). The number of nitrogens with zero attached hydrogens (tertiary/aromatic N) is 4. The van der Waals surface area contributed by atoms with Crippen LogP contribution in [0.25, 0.3) is 11.0 Å². The fraction of sp³-hybridized carbons (Fsp3) is 0.381. The molecule has 0 spiro atoms. The zero-order valence-corrected chi connectivity index (χ0v) is 16.8. The quantitative estimate of drug-likeness (QED) is 0.682. The number of carbonyl (C=O) groups excluding carboxylic acids is 1. The van der Waals surface area contributed by atoms with Crippen LogP contribution in [0.1, 0.15) is 29.5 Å². The van der Waals surface area contributed by atoms with Gasteiger partial charge in [0.1, 0.15) is 12.1 Å². The predicted octanol–water partition coefficient (Wildman–Crippen LogP) is 4.43. The zero-order valence-electron chi connectivity index (χ0n) is 16.8. The Morgan fingerprint density at radius 2 is 1.80 bits per heavy atom. The fourth-order valence-electron chi connectivity index (χ4n) is 3.86. The molecule has 1 saturated heterocycles. The molecule has 3 heterocycles. The van der Waals surface area contributed by atoms with Crippen molar-refractivity contribution in [3.8, 4) is 0 Å². The highest BCUT2D eigenvalue weighted by Gasteiger charge is 2.31. The van der Waals surface area contributed by atoms with Gasteiger partial charge in [0.25, 0.3) is 0 Å². The van der Waals surface area contributed by atoms with Crippen LogP contribution in [0, 0.1) is 13.8 Å². The van der Waals surface area contributed by atoms with Crippen molar-refractivity contribution in [2.75, 3.05) is 18.4 Å². The van der Waals surface area contributed by atoms with E-state index in [4.69, 9.17) is 0 Å². The minimum atomic E-state index is -4.40. The van der Waals surface area contributed by atoms with Gasteiger partial charge in [0, 0.05) is 25.0 Å². The van der Waals surface area contributed by atoms with E-state index in [9.17, 15) is 18.0 Å². The molecule has 1 amide bonds. The van der Waals surface area contributed by atoms with Crippen molar-refractivity contribution < 1.29 is 18.0 Å². The summed E-state index contributed by atoms with van der Waals surface area (Å²) in [5, 5.41) is 3.13. The van der Waals surface area contributed by atoms with Crippen LogP contribution in [0.15, 0.2) is 30.7 Å². The van der Waals surface area contributed by atoms with Crippen molar-refractivity contribution in [3.05, 3.63) is 47.4 Å². The number of nitrogens with one attached hydrogen (secondary N) is 1. The van der Waals surface area contributed by atoms with E-state index < -0.39 is 11.7 Å². The summed E-state index contributed by atoms with van der Waals surface area (Å²) in [6.07, 6.45) is 0.851. The van der Waals surface area contributed by atoms with Crippen molar-refractivity contribution in [3.63, 3.8) is 0 Å². The van der Waals surface area contributed by atoms with E-state index in [1.165, 1.54) is 0 Å². The second-order valence-electron chi connectivity index (χ2n) is 7.60. The smallest absolute Gasteiger partial charge is 0.341 e. The number of amides is 1. The highest BCUT2D eigenvalue weighted by atomic mass is 19.4. The summed E-state index contributed by atoms with van der Waals surface area (Å²) in [6.45, 7) is 5.01. The van der Waals surface area contributed by atoms with Crippen LogP contribution in [-0.2, 0) is 17.5 Å². The molecule has 0 bridgehead atoms. The molecule has 0 atom stereocenters.